The standard InChI is InChI=1S/C22H16N6OS/c29-21(18-14-30-22(26-18)20-23-10-4-11-24-20)27-19-9-12-25-28(19)13-16-7-3-6-15-5-1-2-8-17(15)16/h1-12,14H,13H2,(H,27,29). The van der Waals surface area contributed by atoms with Gasteiger partial charge in [-0.25, -0.2) is 19.6 Å². The third kappa shape index (κ3) is 3.56. The van der Waals surface area contributed by atoms with Gasteiger partial charge in [-0.2, -0.15) is 5.10 Å². The first-order chi connectivity index (χ1) is 14.8. The zero-order valence-electron chi connectivity index (χ0n) is 15.8. The molecular weight excluding hydrogens is 396 g/mol. The van der Waals surface area contributed by atoms with Crippen LogP contribution in [-0.4, -0.2) is 30.6 Å². The number of hydrogen-bond acceptors (Lipinski definition) is 6. The number of nitrogens with one attached hydrogen (secondary N) is 1. The molecule has 2 aromatic carbocycles. The number of anilines is 1. The summed E-state index contributed by atoms with van der Waals surface area (Å²) in [5.74, 6) is 0.814. The van der Waals surface area contributed by atoms with Crippen LogP contribution in [0.2, 0.25) is 0 Å². The maximum Gasteiger partial charge on any atom is 0.276 e. The highest BCUT2D eigenvalue weighted by Crippen LogP contribution is 2.22. The van der Waals surface area contributed by atoms with Gasteiger partial charge in [-0.15, -0.1) is 11.3 Å². The highest BCUT2D eigenvalue weighted by Gasteiger charge is 2.15. The molecule has 0 aliphatic heterocycles. The fourth-order valence-electron chi connectivity index (χ4n) is 3.23. The predicted octanol–water partition coefficient (Wildman–Crippen LogP) is 4.25. The van der Waals surface area contributed by atoms with E-state index in [0.717, 1.165) is 5.56 Å². The second kappa shape index (κ2) is 7.84. The maximum atomic E-state index is 12.7. The second-order valence-corrected chi connectivity index (χ2v) is 7.43. The zero-order valence-corrected chi connectivity index (χ0v) is 16.6. The van der Waals surface area contributed by atoms with Crippen LogP contribution in [0.25, 0.3) is 21.6 Å². The van der Waals surface area contributed by atoms with Gasteiger partial charge < -0.3 is 5.32 Å². The minimum absolute atomic E-state index is 0.298. The number of amides is 1. The normalized spacial score (nSPS) is 10.9. The summed E-state index contributed by atoms with van der Waals surface area (Å²) < 4.78 is 1.77. The topological polar surface area (TPSA) is 85.6 Å². The Morgan fingerprint density at radius 3 is 2.70 bits per heavy atom. The molecule has 0 saturated heterocycles. The van der Waals surface area contributed by atoms with Gasteiger partial charge in [0.05, 0.1) is 12.7 Å². The lowest BCUT2D eigenvalue weighted by atomic mass is 10.0. The van der Waals surface area contributed by atoms with Crippen molar-refractivity contribution in [3.63, 3.8) is 0 Å². The molecule has 0 aliphatic rings. The molecule has 5 aromatic rings. The molecule has 1 amide bonds. The summed E-state index contributed by atoms with van der Waals surface area (Å²) in [7, 11) is 0. The van der Waals surface area contributed by atoms with Crippen molar-refractivity contribution in [1.29, 1.82) is 0 Å². The van der Waals surface area contributed by atoms with E-state index in [1.807, 2.05) is 18.2 Å². The van der Waals surface area contributed by atoms with E-state index in [1.54, 1.807) is 40.8 Å². The van der Waals surface area contributed by atoms with E-state index in [2.05, 4.69) is 49.6 Å². The largest absolute Gasteiger partial charge is 0.305 e. The number of fused-ring (bicyclic) bond motifs is 1. The lowest BCUT2D eigenvalue weighted by Gasteiger charge is -2.10. The van der Waals surface area contributed by atoms with Gasteiger partial charge in [0, 0.05) is 23.8 Å². The van der Waals surface area contributed by atoms with Crippen LogP contribution in [0.1, 0.15) is 16.1 Å². The van der Waals surface area contributed by atoms with Gasteiger partial charge in [0.1, 0.15) is 11.5 Å². The van der Waals surface area contributed by atoms with Gasteiger partial charge in [0.25, 0.3) is 5.91 Å². The van der Waals surface area contributed by atoms with Crippen molar-refractivity contribution in [3.05, 3.63) is 89.8 Å². The Bertz CT molecular complexity index is 1320. The van der Waals surface area contributed by atoms with E-state index < -0.39 is 0 Å². The Balaban J connectivity index is 1.36. The first kappa shape index (κ1) is 18.1. The molecular formula is C22H16N6OS. The fourth-order valence-corrected chi connectivity index (χ4v) is 3.97. The molecule has 5 rings (SSSR count). The van der Waals surface area contributed by atoms with Crippen LogP contribution >= 0.6 is 11.3 Å². The molecule has 1 N–H and O–H groups in total. The number of thiazole rings is 1. The minimum atomic E-state index is -0.298. The minimum Gasteiger partial charge on any atom is -0.305 e. The van der Waals surface area contributed by atoms with E-state index in [1.165, 1.54) is 22.1 Å². The molecule has 30 heavy (non-hydrogen) atoms. The number of carbonyl (C=O) groups is 1. The number of rotatable bonds is 5. The number of benzene rings is 2. The third-order valence-corrected chi connectivity index (χ3v) is 5.49. The molecule has 0 fully saturated rings. The van der Waals surface area contributed by atoms with E-state index in [4.69, 9.17) is 0 Å². The number of carbonyl (C=O) groups excluding carboxylic acids is 1. The number of aromatic nitrogens is 5. The van der Waals surface area contributed by atoms with Crippen LogP contribution in [0.5, 0.6) is 0 Å². The summed E-state index contributed by atoms with van der Waals surface area (Å²) >= 11 is 1.33. The Labute approximate surface area is 176 Å². The second-order valence-electron chi connectivity index (χ2n) is 6.58. The van der Waals surface area contributed by atoms with Crippen molar-refractivity contribution in [3.8, 4) is 10.8 Å². The van der Waals surface area contributed by atoms with Gasteiger partial charge in [0.15, 0.2) is 10.8 Å². The molecule has 0 aliphatic carbocycles. The van der Waals surface area contributed by atoms with Crippen molar-refractivity contribution in [1.82, 2.24) is 24.7 Å². The Hall–Kier alpha value is -3.91. The molecule has 0 unspecified atom stereocenters. The Morgan fingerprint density at radius 2 is 1.80 bits per heavy atom. The lowest BCUT2D eigenvalue weighted by Crippen LogP contribution is -2.16. The molecule has 3 aromatic heterocycles. The van der Waals surface area contributed by atoms with Crippen LogP contribution in [0.15, 0.2) is 78.6 Å². The van der Waals surface area contributed by atoms with Gasteiger partial charge >= 0.3 is 0 Å². The van der Waals surface area contributed by atoms with Gasteiger partial charge in [-0.1, -0.05) is 42.5 Å². The summed E-state index contributed by atoms with van der Waals surface area (Å²) in [5, 5.41) is 11.9. The quantitative estimate of drug-likeness (QED) is 0.466. The monoisotopic (exact) mass is 412 g/mol. The van der Waals surface area contributed by atoms with Crippen molar-refractivity contribution in [2.24, 2.45) is 0 Å². The van der Waals surface area contributed by atoms with Crippen LogP contribution in [0.3, 0.4) is 0 Å². The van der Waals surface area contributed by atoms with Gasteiger partial charge in [-0.3, -0.25) is 4.79 Å². The van der Waals surface area contributed by atoms with Crippen molar-refractivity contribution >= 4 is 33.8 Å². The van der Waals surface area contributed by atoms with Crippen LogP contribution < -0.4 is 5.32 Å². The van der Waals surface area contributed by atoms with E-state index in [0.29, 0.717) is 28.9 Å². The highest BCUT2D eigenvalue weighted by molar-refractivity contribution is 7.13. The van der Waals surface area contributed by atoms with Crippen LogP contribution in [0, 0.1) is 0 Å². The molecule has 0 bridgehead atoms. The van der Waals surface area contributed by atoms with Crippen molar-refractivity contribution in [2.45, 2.75) is 6.54 Å². The summed E-state index contributed by atoms with van der Waals surface area (Å²) in [6, 6.07) is 17.9. The van der Waals surface area contributed by atoms with Crippen molar-refractivity contribution in [2.75, 3.05) is 5.32 Å². The van der Waals surface area contributed by atoms with E-state index in [9.17, 15) is 4.79 Å². The molecule has 146 valence electrons. The number of hydrogen-bond donors (Lipinski definition) is 1. The molecule has 0 atom stereocenters. The third-order valence-electron chi connectivity index (χ3n) is 4.65. The summed E-state index contributed by atoms with van der Waals surface area (Å²) in [6.45, 7) is 0.546. The van der Waals surface area contributed by atoms with Crippen LogP contribution in [0.4, 0.5) is 5.82 Å². The zero-order chi connectivity index (χ0) is 20.3. The highest BCUT2D eigenvalue weighted by atomic mass is 32.1. The maximum absolute atomic E-state index is 12.7. The average Bonchev–Trinajstić information content (AvgIpc) is 3.45. The van der Waals surface area contributed by atoms with Gasteiger partial charge in [-0.05, 0) is 22.4 Å². The predicted molar refractivity (Wildman–Crippen MR) is 116 cm³/mol. The molecule has 0 saturated carbocycles. The molecule has 8 heteroatoms. The lowest BCUT2D eigenvalue weighted by molar-refractivity contribution is 0.102. The first-order valence-electron chi connectivity index (χ1n) is 9.31. The summed E-state index contributed by atoms with van der Waals surface area (Å²) in [4.78, 5) is 25.4. The van der Waals surface area contributed by atoms with Crippen molar-refractivity contribution < 1.29 is 4.79 Å². The molecule has 3 heterocycles. The van der Waals surface area contributed by atoms with Gasteiger partial charge in [0.2, 0.25) is 0 Å². The fraction of sp³-hybridized carbons (Fsp3) is 0.0455. The SMILES string of the molecule is O=C(Nc1ccnn1Cc1cccc2ccccc12)c1csc(-c2ncccn2)n1. The molecule has 7 nitrogen and oxygen atoms in total. The van der Waals surface area contributed by atoms with Crippen LogP contribution in [-0.2, 0) is 6.54 Å². The first-order valence-corrected chi connectivity index (χ1v) is 10.2. The Morgan fingerprint density at radius 1 is 0.967 bits per heavy atom. The molecule has 0 spiro atoms. The number of nitrogens with zero attached hydrogens (tertiary/aromatic N) is 5. The average molecular weight is 412 g/mol. The van der Waals surface area contributed by atoms with E-state index in [-0.39, 0.29) is 5.91 Å². The summed E-state index contributed by atoms with van der Waals surface area (Å²) in [6.07, 6.45) is 4.97. The smallest absolute Gasteiger partial charge is 0.276 e. The van der Waals surface area contributed by atoms with E-state index >= 15 is 0 Å². The molecule has 0 radical (unpaired) electrons. The summed E-state index contributed by atoms with van der Waals surface area (Å²) in [5.41, 5.74) is 1.45. The Kier molecular flexibility index (Phi) is 4.74.